The number of halogens is 3. The molecule has 1 aliphatic heterocycles. The first-order valence-corrected chi connectivity index (χ1v) is 7.65. The summed E-state index contributed by atoms with van der Waals surface area (Å²) in [6.45, 7) is 5.35. The zero-order valence-electron chi connectivity index (χ0n) is 11.1. The first-order chi connectivity index (χ1) is 8.56. The van der Waals surface area contributed by atoms with Gasteiger partial charge in [-0.2, -0.15) is 0 Å². The fourth-order valence-corrected chi connectivity index (χ4v) is 3.01. The average molecular weight is 368 g/mol. The number of benzene rings is 1. The molecule has 1 aliphatic rings. The van der Waals surface area contributed by atoms with E-state index in [2.05, 4.69) is 33.8 Å². The Morgan fingerprint density at radius 2 is 2.26 bits per heavy atom. The SMILES string of the molecule is CC(N)C1CCCN(Cc2ccc(Br)c(Cl)c2)C1.Cl. The number of nitrogens with two attached hydrogens (primary N) is 1. The number of hydrogen-bond acceptors (Lipinski definition) is 2. The minimum atomic E-state index is 0. The maximum absolute atomic E-state index is 6.13. The van der Waals surface area contributed by atoms with Gasteiger partial charge in [0.15, 0.2) is 0 Å². The predicted molar refractivity (Wildman–Crippen MR) is 88.1 cm³/mol. The topological polar surface area (TPSA) is 29.3 Å². The molecule has 1 fully saturated rings. The lowest BCUT2D eigenvalue weighted by Gasteiger charge is -2.34. The number of hydrogen-bond donors (Lipinski definition) is 1. The fraction of sp³-hybridized carbons (Fsp3) is 0.571. The van der Waals surface area contributed by atoms with Crippen LogP contribution in [0.3, 0.4) is 0 Å². The second-order valence-corrected chi connectivity index (χ2v) is 6.51. The van der Waals surface area contributed by atoms with Gasteiger partial charge in [0.2, 0.25) is 0 Å². The highest BCUT2D eigenvalue weighted by molar-refractivity contribution is 9.10. The molecule has 2 unspecified atom stereocenters. The maximum Gasteiger partial charge on any atom is 0.0551 e. The van der Waals surface area contributed by atoms with E-state index in [1.165, 1.54) is 18.4 Å². The Balaban J connectivity index is 0.00000180. The molecule has 2 rings (SSSR count). The Morgan fingerprint density at radius 1 is 1.53 bits per heavy atom. The highest BCUT2D eigenvalue weighted by Crippen LogP contribution is 2.25. The van der Waals surface area contributed by atoms with Crippen LogP contribution in [-0.2, 0) is 6.54 Å². The lowest BCUT2D eigenvalue weighted by Crippen LogP contribution is -2.41. The summed E-state index contributed by atoms with van der Waals surface area (Å²) in [6, 6.07) is 6.48. The molecule has 2 nitrogen and oxygen atoms in total. The zero-order chi connectivity index (χ0) is 13.1. The van der Waals surface area contributed by atoms with Crippen molar-refractivity contribution in [2.45, 2.75) is 32.4 Å². The average Bonchev–Trinajstić information content (AvgIpc) is 2.34. The summed E-state index contributed by atoms with van der Waals surface area (Å²) in [5, 5.41) is 0.785. The van der Waals surface area contributed by atoms with Crippen LogP contribution in [-0.4, -0.2) is 24.0 Å². The van der Waals surface area contributed by atoms with E-state index in [-0.39, 0.29) is 12.4 Å². The van der Waals surface area contributed by atoms with Crippen LogP contribution in [0.5, 0.6) is 0 Å². The molecule has 0 amide bonds. The molecule has 0 bridgehead atoms. The maximum atomic E-state index is 6.13. The van der Waals surface area contributed by atoms with E-state index in [9.17, 15) is 0 Å². The third kappa shape index (κ3) is 4.91. The lowest BCUT2D eigenvalue weighted by molar-refractivity contribution is 0.154. The largest absolute Gasteiger partial charge is 0.328 e. The molecule has 0 spiro atoms. The van der Waals surface area contributed by atoms with Crippen LogP contribution in [0, 0.1) is 5.92 Å². The highest BCUT2D eigenvalue weighted by atomic mass is 79.9. The predicted octanol–water partition coefficient (Wildman–Crippen LogP) is 4.08. The summed E-state index contributed by atoms with van der Waals surface area (Å²) in [6.07, 6.45) is 2.51. The smallest absolute Gasteiger partial charge is 0.0551 e. The van der Waals surface area contributed by atoms with Crippen LogP contribution in [0.4, 0.5) is 0 Å². The van der Waals surface area contributed by atoms with Gasteiger partial charge in [-0.3, -0.25) is 4.90 Å². The van der Waals surface area contributed by atoms with E-state index in [4.69, 9.17) is 17.3 Å². The van der Waals surface area contributed by atoms with Crippen molar-refractivity contribution >= 4 is 39.9 Å². The summed E-state index contributed by atoms with van der Waals surface area (Å²) < 4.78 is 0.958. The van der Waals surface area contributed by atoms with Gasteiger partial charge < -0.3 is 5.73 Å². The molecule has 108 valence electrons. The van der Waals surface area contributed by atoms with Crippen molar-refractivity contribution in [3.63, 3.8) is 0 Å². The molecule has 0 aliphatic carbocycles. The lowest BCUT2D eigenvalue weighted by atomic mass is 9.92. The Bertz CT molecular complexity index is 412. The number of nitrogens with zero attached hydrogens (tertiary/aromatic N) is 1. The Kier molecular flexibility index (Phi) is 7.12. The molecule has 1 heterocycles. The molecular weight excluding hydrogens is 347 g/mol. The molecular formula is C14H21BrCl2N2. The second kappa shape index (κ2) is 7.84. The normalized spacial score (nSPS) is 21.8. The van der Waals surface area contributed by atoms with E-state index >= 15 is 0 Å². The van der Waals surface area contributed by atoms with Crippen LogP contribution < -0.4 is 5.73 Å². The van der Waals surface area contributed by atoms with E-state index < -0.39 is 0 Å². The quantitative estimate of drug-likeness (QED) is 0.871. The van der Waals surface area contributed by atoms with Crippen molar-refractivity contribution in [1.29, 1.82) is 0 Å². The molecule has 1 saturated heterocycles. The van der Waals surface area contributed by atoms with Crippen molar-refractivity contribution < 1.29 is 0 Å². The van der Waals surface area contributed by atoms with Gasteiger partial charge in [-0.25, -0.2) is 0 Å². The van der Waals surface area contributed by atoms with Crippen molar-refractivity contribution in [2.24, 2.45) is 11.7 Å². The summed E-state index contributed by atoms with van der Waals surface area (Å²) in [4.78, 5) is 2.48. The standard InChI is InChI=1S/C14H20BrClN2.ClH/c1-10(17)12-3-2-6-18(9-12)8-11-4-5-13(15)14(16)7-11;/h4-5,7,10,12H,2-3,6,8-9,17H2,1H3;1H. The van der Waals surface area contributed by atoms with E-state index in [1.807, 2.05) is 12.1 Å². The Labute approximate surface area is 135 Å². The molecule has 2 atom stereocenters. The summed E-state index contributed by atoms with van der Waals surface area (Å²) in [5.74, 6) is 0.629. The van der Waals surface area contributed by atoms with Crippen LogP contribution in [0.1, 0.15) is 25.3 Å². The molecule has 1 aromatic carbocycles. The Morgan fingerprint density at radius 3 is 2.89 bits per heavy atom. The van der Waals surface area contributed by atoms with Gasteiger partial charge in [0.05, 0.1) is 5.02 Å². The number of piperidine rings is 1. The van der Waals surface area contributed by atoms with Crippen molar-refractivity contribution in [1.82, 2.24) is 4.90 Å². The van der Waals surface area contributed by atoms with E-state index in [0.29, 0.717) is 12.0 Å². The molecule has 2 N–H and O–H groups in total. The van der Waals surface area contributed by atoms with Crippen LogP contribution >= 0.6 is 39.9 Å². The third-order valence-electron chi connectivity index (χ3n) is 3.68. The molecule has 1 aromatic rings. The van der Waals surface area contributed by atoms with Crippen molar-refractivity contribution in [3.05, 3.63) is 33.3 Å². The van der Waals surface area contributed by atoms with Crippen LogP contribution in [0.25, 0.3) is 0 Å². The zero-order valence-corrected chi connectivity index (χ0v) is 14.3. The van der Waals surface area contributed by atoms with Crippen molar-refractivity contribution in [3.8, 4) is 0 Å². The summed E-state index contributed by atoms with van der Waals surface area (Å²) in [5.41, 5.74) is 7.28. The van der Waals surface area contributed by atoms with Gasteiger partial charge >= 0.3 is 0 Å². The van der Waals surface area contributed by atoms with Gasteiger partial charge in [-0.1, -0.05) is 17.7 Å². The summed E-state index contributed by atoms with van der Waals surface area (Å²) in [7, 11) is 0. The number of rotatable bonds is 3. The minimum Gasteiger partial charge on any atom is -0.328 e. The van der Waals surface area contributed by atoms with Gasteiger partial charge in [-0.15, -0.1) is 12.4 Å². The third-order valence-corrected chi connectivity index (χ3v) is 4.91. The molecule has 0 saturated carbocycles. The highest BCUT2D eigenvalue weighted by Gasteiger charge is 2.22. The van der Waals surface area contributed by atoms with Crippen molar-refractivity contribution in [2.75, 3.05) is 13.1 Å². The molecule has 19 heavy (non-hydrogen) atoms. The van der Waals surface area contributed by atoms with Gasteiger partial charge in [0.25, 0.3) is 0 Å². The second-order valence-electron chi connectivity index (χ2n) is 5.25. The molecule has 0 aromatic heterocycles. The van der Waals surface area contributed by atoms with Gasteiger partial charge in [0.1, 0.15) is 0 Å². The monoisotopic (exact) mass is 366 g/mol. The first-order valence-electron chi connectivity index (χ1n) is 6.48. The van der Waals surface area contributed by atoms with Crippen LogP contribution in [0.2, 0.25) is 5.02 Å². The van der Waals surface area contributed by atoms with Gasteiger partial charge in [0, 0.05) is 23.6 Å². The fourth-order valence-electron chi connectivity index (χ4n) is 2.56. The van der Waals surface area contributed by atoms with E-state index in [1.54, 1.807) is 0 Å². The molecule has 5 heteroatoms. The Hall–Kier alpha value is 0.200. The van der Waals surface area contributed by atoms with Crippen LogP contribution in [0.15, 0.2) is 22.7 Å². The molecule has 0 radical (unpaired) electrons. The number of likely N-dealkylation sites (tertiary alicyclic amines) is 1. The minimum absolute atomic E-state index is 0. The van der Waals surface area contributed by atoms with E-state index in [0.717, 1.165) is 29.1 Å². The first kappa shape index (κ1) is 17.3. The van der Waals surface area contributed by atoms with Gasteiger partial charge in [-0.05, 0) is 65.9 Å². The summed E-state index contributed by atoms with van der Waals surface area (Å²) >= 11 is 9.55.